The molecule has 1 unspecified atom stereocenters. The summed E-state index contributed by atoms with van der Waals surface area (Å²) in [6, 6.07) is 4.08. The predicted octanol–water partition coefficient (Wildman–Crippen LogP) is 2.46. The van der Waals surface area contributed by atoms with Crippen LogP contribution in [0.1, 0.15) is 24.4 Å². The molecular weight excluding hydrogens is 317 g/mol. The minimum Gasteiger partial charge on any atom is -0.481 e. The highest BCUT2D eigenvalue weighted by molar-refractivity contribution is 5.59. The third kappa shape index (κ3) is 2.80. The number of nitrogens with two attached hydrogens (primary N) is 1. The third-order valence-corrected chi connectivity index (χ3v) is 4.03. The number of hydrogen-bond donors (Lipinski definition) is 1. The van der Waals surface area contributed by atoms with Gasteiger partial charge >= 0.3 is 5.69 Å². The second kappa shape index (κ2) is 6.26. The van der Waals surface area contributed by atoms with E-state index < -0.39 is 10.7 Å². The molecule has 3 rings (SSSR count). The lowest BCUT2D eigenvalue weighted by molar-refractivity contribution is -0.384. The molecule has 2 aromatic heterocycles. The van der Waals surface area contributed by atoms with Crippen LogP contribution < -0.4 is 15.4 Å². The van der Waals surface area contributed by atoms with Crippen molar-refractivity contribution in [3.63, 3.8) is 0 Å². The van der Waals surface area contributed by atoms with E-state index in [0.717, 1.165) is 19.0 Å². The van der Waals surface area contributed by atoms with Crippen LogP contribution in [0.25, 0.3) is 0 Å². The zero-order chi connectivity index (χ0) is 17.3. The van der Waals surface area contributed by atoms with Gasteiger partial charge in [0, 0.05) is 18.2 Å². The Morgan fingerprint density at radius 1 is 1.50 bits per heavy atom. The van der Waals surface area contributed by atoms with Gasteiger partial charge in [-0.1, -0.05) is 0 Å². The van der Waals surface area contributed by atoms with Gasteiger partial charge in [-0.25, -0.2) is 14.4 Å². The Morgan fingerprint density at radius 3 is 2.96 bits per heavy atom. The first-order chi connectivity index (χ1) is 11.5. The molecule has 0 spiro atoms. The first-order valence-electron chi connectivity index (χ1n) is 7.38. The Morgan fingerprint density at radius 2 is 2.29 bits per heavy atom. The van der Waals surface area contributed by atoms with Crippen molar-refractivity contribution in [1.82, 2.24) is 9.97 Å². The van der Waals surface area contributed by atoms with Crippen LogP contribution in [0.5, 0.6) is 5.88 Å². The van der Waals surface area contributed by atoms with Crippen molar-refractivity contribution in [2.45, 2.75) is 18.9 Å². The van der Waals surface area contributed by atoms with Crippen LogP contribution in [0, 0.1) is 15.9 Å². The molecule has 24 heavy (non-hydrogen) atoms. The first kappa shape index (κ1) is 15.9. The molecule has 2 aromatic rings. The molecular formula is C15H16FN5O3. The second-order valence-corrected chi connectivity index (χ2v) is 5.43. The summed E-state index contributed by atoms with van der Waals surface area (Å²) in [6.45, 7) is 0.675. The number of rotatable bonds is 4. The highest BCUT2D eigenvalue weighted by Crippen LogP contribution is 2.39. The summed E-state index contributed by atoms with van der Waals surface area (Å²) in [5.74, 6) is 0.261. The van der Waals surface area contributed by atoms with Crippen LogP contribution in [0.4, 0.5) is 21.7 Å². The Balaban J connectivity index is 1.98. The van der Waals surface area contributed by atoms with E-state index in [4.69, 9.17) is 10.5 Å². The zero-order valence-electron chi connectivity index (χ0n) is 13.0. The molecule has 0 amide bonds. The zero-order valence-corrected chi connectivity index (χ0v) is 13.0. The SMILES string of the molecule is COc1ncc(F)cc1C1CCCN1c1ccc([N+](=O)[O-])c(N)n1. The summed E-state index contributed by atoms with van der Waals surface area (Å²) in [6.07, 6.45) is 2.73. The summed E-state index contributed by atoms with van der Waals surface area (Å²) in [5, 5.41) is 10.9. The molecule has 0 aliphatic carbocycles. The minimum atomic E-state index is -0.576. The number of anilines is 2. The molecule has 0 aromatic carbocycles. The summed E-state index contributed by atoms with van der Waals surface area (Å²) < 4.78 is 18.9. The van der Waals surface area contributed by atoms with Crippen molar-refractivity contribution in [3.05, 3.63) is 45.9 Å². The molecule has 2 N–H and O–H groups in total. The molecule has 126 valence electrons. The number of halogens is 1. The molecule has 9 heteroatoms. The maximum Gasteiger partial charge on any atom is 0.311 e. The van der Waals surface area contributed by atoms with Gasteiger partial charge in [0.15, 0.2) is 0 Å². The lowest BCUT2D eigenvalue weighted by Gasteiger charge is -2.26. The van der Waals surface area contributed by atoms with Crippen LogP contribution in [-0.2, 0) is 0 Å². The molecule has 1 atom stereocenters. The van der Waals surface area contributed by atoms with Gasteiger partial charge in [0.05, 0.1) is 24.3 Å². The van der Waals surface area contributed by atoms with E-state index in [1.165, 1.54) is 19.2 Å². The van der Waals surface area contributed by atoms with E-state index in [-0.39, 0.29) is 17.5 Å². The van der Waals surface area contributed by atoms with Gasteiger partial charge in [0.2, 0.25) is 11.7 Å². The highest BCUT2D eigenvalue weighted by Gasteiger charge is 2.31. The second-order valence-electron chi connectivity index (χ2n) is 5.43. The summed E-state index contributed by atoms with van der Waals surface area (Å²) in [5.41, 5.74) is 6.06. The fourth-order valence-electron chi connectivity index (χ4n) is 2.99. The average Bonchev–Trinajstić information content (AvgIpc) is 3.03. The maximum atomic E-state index is 13.6. The number of nitrogen functional groups attached to an aromatic ring is 1. The quantitative estimate of drug-likeness (QED) is 0.676. The Hall–Kier alpha value is -2.97. The van der Waals surface area contributed by atoms with Crippen molar-refractivity contribution in [3.8, 4) is 5.88 Å². The van der Waals surface area contributed by atoms with Crippen LogP contribution in [0.15, 0.2) is 24.4 Å². The van der Waals surface area contributed by atoms with E-state index in [9.17, 15) is 14.5 Å². The smallest absolute Gasteiger partial charge is 0.311 e. The van der Waals surface area contributed by atoms with Crippen LogP contribution >= 0.6 is 0 Å². The monoisotopic (exact) mass is 333 g/mol. The maximum absolute atomic E-state index is 13.6. The Labute approximate surface area is 137 Å². The predicted molar refractivity (Wildman–Crippen MR) is 85.4 cm³/mol. The fourth-order valence-corrected chi connectivity index (χ4v) is 2.99. The molecule has 8 nitrogen and oxygen atoms in total. The fraction of sp³-hybridized carbons (Fsp3) is 0.333. The Kier molecular flexibility index (Phi) is 4.15. The lowest BCUT2D eigenvalue weighted by Crippen LogP contribution is -2.24. The molecule has 1 aliphatic rings. The van der Waals surface area contributed by atoms with Gasteiger partial charge in [-0.3, -0.25) is 10.1 Å². The van der Waals surface area contributed by atoms with E-state index in [0.29, 0.717) is 23.8 Å². The minimum absolute atomic E-state index is 0.146. The summed E-state index contributed by atoms with van der Waals surface area (Å²) in [7, 11) is 1.48. The van der Waals surface area contributed by atoms with Crippen molar-refractivity contribution < 1.29 is 14.1 Å². The van der Waals surface area contributed by atoms with E-state index in [2.05, 4.69) is 9.97 Å². The Bertz CT molecular complexity index is 786. The number of aromatic nitrogens is 2. The molecule has 0 saturated carbocycles. The van der Waals surface area contributed by atoms with Gasteiger partial charge < -0.3 is 15.4 Å². The number of hydrogen-bond acceptors (Lipinski definition) is 7. The summed E-state index contributed by atoms with van der Waals surface area (Å²) >= 11 is 0. The lowest BCUT2D eigenvalue weighted by atomic mass is 10.1. The van der Waals surface area contributed by atoms with Crippen molar-refractivity contribution in [1.29, 1.82) is 0 Å². The van der Waals surface area contributed by atoms with E-state index >= 15 is 0 Å². The molecule has 1 fully saturated rings. The highest BCUT2D eigenvalue weighted by atomic mass is 19.1. The number of pyridine rings is 2. The van der Waals surface area contributed by atoms with Crippen LogP contribution in [0.3, 0.4) is 0 Å². The molecule has 0 radical (unpaired) electrons. The van der Waals surface area contributed by atoms with Crippen molar-refractivity contribution in [2.75, 3.05) is 24.3 Å². The number of nitrogens with zero attached hydrogens (tertiary/aromatic N) is 4. The van der Waals surface area contributed by atoms with Gasteiger partial charge in [-0.15, -0.1) is 0 Å². The largest absolute Gasteiger partial charge is 0.481 e. The van der Waals surface area contributed by atoms with Crippen molar-refractivity contribution >= 4 is 17.3 Å². The van der Waals surface area contributed by atoms with Gasteiger partial charge in [-0.2, -0.15) is 0 Å². The molecule has 1 saturated heterocycles. The molecule has 1 aliphatic heterocycles. The van der Waals surface area contributed by atoms with Gasteiger partial charge in [-0.05, 0) is 25.0 Å². The number of ether oxygens (including phenoxy) is 1. The van der Waals surface area contributed by atoms with Gasteiger partial charge in [0.25, 0.3) is 0 Å². The van der Waals surface area contributed by atoms with Gasteiger partial charge in [0.1, 0.15) is 11.6 Å². The topological polar surface area (TPSA) is 107 Å². The van der Waals surface area contributed by atoms with E-state index in [1.54, 1.807) is 6.07 Å². The standard InChI is InChI=1S/C15H16FN5O3/c1-24-15-10(7-9(16)8-18-15)11-3-2-6-20(11)13-5-4-12(21(22)23)14(17)19-13/h4-5,7-8,11H,2-3,6H2,1H3,(H2,17,19). The normalized spacial score (nSPS) is 17.1. The number of nitro groups is 1. The van der Waals surface area contributed by atoms with Crippen LogP contribution in [-0.4, -0.2) is 28.5 Å². The van der Waals surface area contributed by atoms with E-state index in [1.807, 2.05) is 4.90 Å². The summed E-state index contributed by atoms with van der Waals surface area (Å²) in [4.78, 5) is 20.3. The molecule has 3 heterocycles. The van der Waals surface area contributed by atoms with Crippen LogP contribution in [0.2, 0.25) is 0 Å². The first-order valence-corrected chi connectivity index (χ1v) is 7.38. The molecule has 0 bridgehead atoms. The number of methoxy groups -OCH3 is 1. The third-order valence-electron chi connectivity index (χ3n) is 4.03. The van der Waals surface area contributed by atoms with Crippen molar-refractivity contribution in [2.24, 2.45) is 0 Å². The average molecular weight is 333 g/mol.